The highest BCUT2D eigenvalue weighted by molar-refractivity contribution is 5.77. The van der Waals surface area contributed by atoms with Crippen molar-refractivity contribution in [2.45, 2.75) is 39.7 Å². The lowest BCUT2D eigenvalue weighted by Gasteiger charge is -2.19. The molecule has 1 aromatic heterocycles. The molecule has 4 nitrogen and oxygen atoms in total. The Kier molecular flexibility index (Phi) is 4.22. The van der Waals surface area contributed by atoms with Gasteiger partial charge in [0.05, 0.1) is 11.0 Å². The quantitative estimate of drug-likeness (QED) is 0.774. The first kappa shape index (κ1) is 14.0. The zero-order valence-electron chi connectivity index (χ0n) is 11.9. The van der Waals surface area contributed by atoms with E-state index in [9.17, 15) is 0 Å². The van der Waals surface area contributed by atoms with E-state index < -0.39 is 0 Å². The standard InChI is InChI=1S/C15H23N3O/c1-9(2)4-11(7-16)12-6-14-13(5-10(12)3)17-15(8-19)18-14/h5-6,9,11,19H,4,7-8,16H2,1-3H3,(H,17,18). The molecule has 4 heteroatoms. The van der Waals surface area contributed by atoms with Gasteiger partial charge in [-0.3, -0.25) is 0 Å². The molecule has 0 radical (unpaired) electrons. The van der Waals surface area contributed by atoms with Gasteiger partial charge in [-0.15, -0.1) is 0 Å². The van der Waals surface area contributed by atoms with Gasteiger partial charge in [0.25, 0.3) is 0 Å². The number of benzene rings is 1. The predicted molar refractivity (Wildman–Crippen MR) is 78.0 cm³/mol. The molecule has 4 N–H and O–H groups in total. The summed E-state index contributed by atoms with van der Waals surface area (Å²) in [5.74, 6) is 1.61. The van der Waals surface area contributed by atoms with Gasteiger partial charge in [-0.25, -0.2) is 4.98 Å². The molecule has 0 amide bonds. The van der Waals surface area contributed by atoms with E-state index in [1.807, 2.05) is 0 Å². The van der Waals surface area contributed by atoms with E-state index >= 15 is 0 Å². The summed E-state index contributed by atoms with van der Waals surface area (Å²) in [6.07, 6.45) is 1.08. The summed E-state index contributed by atoms with van der Waals surface area (Å²) in [4.78, 5) is 7.50. The molecule has 0 aliphatic carbocycles. The van der Waals surface area contributed by atoms with Crippen molar-refractivity contribution >= 4 is 11.0 Å². The highest BCUT2D eigenvalue weighted by Crippen LogP contribution is 2.28. The molecule has 19 heavy (non-hydrogen) atoms. The predicted octanol–water partition coefficient (Wildman–Crippen LogP) is 2.45. The molecule has 0 fully saturated rings. The molecule has 1 heterocycles. The fourth-order valence-corrected chi connectivity index (χ4v) is 2.67. The lowest BCUT2D eigenvalue weighted by atomic mass is 9.87. The van der Waals surface area contributed by atoms with Gasteiger partial charge in [-0.05, 0) is 55.0 Å². The SMILES string of the molecule is Cc1cc2[nH]c(CO)nc2cc1C(CN)CC(C)C. The lowest BCUT2D eigenvalue weighted by Crippen LogP contribution is -2.15. The van der Waals surface area contributed by atoms with E-state index in [-0.39, 0.29) is 6.61 Å². The van der Waals surface area contributed by atoms with Gasteiger partial charge in [-0.1, -0.05) is 13.8 Å². The van der Waals surface area contributed by atoms with Crippen LogP contribution >= 0.6 is 0 Å². The van der Waals surface area contributed by atoms with Crippen molar-refractivity contribution in [3.05, 3.63) is 29.1 Å². The van der Waals surface area contributed by atoms with Crippen LogP contribution in [0.15, 0.2) is 12.1 Å². The minimum absolute atomic E-state index is 0.0601. The summed E-state index contributed by atoms with van der Waals surface area (Å²) in [7, 11) is 0. The van der Waals surface area contributed by atoms with Crippen LogP contribution in [0.1, 0.15) is 43.1 Å². The number of aliphatic hydroxyl groups is 1. The van der Waals surface area contributed by atoms with Gasteiger partial charge >= 0.3 is 0 Å². The van der Waals surface area contributed by atoms with E-state index in [1.165, 1.54) is 11.1 Å². The van der Waals surface area contributed by atoms with Crippen LogP contribution in [0.5, 0.6) is 0 Å². The van der Waals surface area contributed by atoms with E-state index in [1.54, 1.807) is 0 Å². The zero-order chi connectivity index (χ0) is 14.0. The Morgan fingerprint density at radius 2 is 2.11 bits per heavy atom. The third-order valence-electron chi connectivity index (χ3n) is 3.55. The molecule has 0 saturated heterocycles. The molecule has 104 valence electrons. The Morgan fingerprint density at radius 1 is 1.37 bits per heavy atom. The largest absolute Gasteiger partial charge is 0.388 e. The van der Waals surface area contributed by atoms with E-state index in [2.05, 4.69) is 42.9 Å². The van der Waals surface area contributed by atoms with Crippen LogP contribution < -0.4 is 5.73 Å². The first-order chi connectivity index (χ1) is 9.05. The molecule has 0 bridgehead atoms. The summed E-state index contributed by atoms with van der Waals surface area (Å²) in [5, 5.41) is 9.14. The van der Waals surface area contributed by atoms with Crippen molar-refractivity contribution in [3.63, 3.8) is 0 Å². The number of nitrogens with two attached hydrogens (primary N) is 1. The van der Waals surface area contributed by atoms with Crippen molar-refractivity contribution in [3.8, 4) is 0 Å². The Labute approximate surface area is 114 Å². The van der Waals surface area contributed by atoms with Gasteiger partial charge in [0.2, 0.25) is 0 Å². The van der Waals surface area contributed by atoms with Gasteiger partial charge in [0, 0.05) is 0 Å². The number of rotatable bonds is 5. The lowest BCUT2D eigenvalue weighted by molar-refractivity contribution is 0.273. The number of hydrogen-bond acceptors (Lipinski definition) is 3. The monoisotopic (exact) mass is 261 g/mol. The van der Waals surface area contributed by atoms with Crippen LogP contribution in [-0.2, 0) is 6.61 Å². The van der Waals surface area contributed by atoms with E-state index in [4.69, 9.17) is 10.8 Å². The fourth-order valence-electron chi connectivity index (χ4n) is 2.67. The van der Waals surface area contributed by atoms with Crippen molar-refractivity contribution < 1.29 is 5.11 Å². The number of aliphatic hydroxyl groups excluding tert-OH is 1. The van der Waals surface area contributed by atoms with Crippen molar-refractivity contribution in [1.29, 1.82) is 0 Å². The van der Waals surface area contributed by atoms with E-state index in [0.29, 0.717) is 24.2 Å². The topological polar surface area (TPSA) is 74.9 Å². The van der Waals surface area contributed by atoms with Crippen LogP contribution in [0.4, 0.5) is 0 Å². The third-order valence-corrected chi connectivity index (χ3v) is 3.55. The number of aromatic nitrogens is 2. The van der Waals surface area contributed by atoms with Gasteiger partial charge in [0.15, 0.2) is 0 Å². The van der Waals surface area contributed by atoms with Gasteiger partial charge in [-0.2, -0.15) is 0 Å². The second-order valence-corrected chi connectivity index (χ2v) is 5.63. The van der Waals surface area contributed by atoms with Crippen LogP contribution in [-0.4, -0.2) is 21.6 Å². The number of imidazole rings is 1. The van der Waals surface area contributed by atoms with Crippen LogP contribution in [0.25, 0.3) is 11.0 Å². The minimum Gasteiger partial charge on any atom is -0.388 e. The van der Waals surface area contributed by atoms with Crippen LogP contribution in [0.2, 0.25) is 0 Å². The Bertz CT molecular complexity index is 560. The van der Waals surface area contributed by atoms with Gasteiger partial charge < -0.3 is 15.8 Å². The molecule has 0 aliphatic heterocycles. The second-order valence-electron chi connectivity index (χ2n) is 5.63. The van der Waals surface area contributed by atoms with Crippen molar-refractivity contribution in [2.75, 3.05) is 6.54 Å². The molecule has 2 aromatic rings. The molecule has 0 spiro atoms. The maximum atomic E-state index is 9.14. The Balaban J connectivity index is 2.43. The second kappa shape index (κ2) is 5.72. The normalized spacial score (nSPS) is 13.4. The number of hydrogen-bond donors (Lipinski definition) is 3. The minimum atomic E-state index is -0.0601. The maximum absolute atomic E-state index is 9.14. The summed E-state index contributed by atoms with van der Waals surface area (Å²) in [6.45, 7) is 7.14. The van der Waals surface area contributed by atoms with Crippen molar-refractivity contribution in [1.82, 2.24) is 9.97 Å². The van der Waals surface area contributed by atoms with Crippen LogP contribution in [0, 0.1) is 12.8 Å². The molecule has 1 atom stereocenters. The average molecular weight is 261 g/mol. The smallest absolute Gasteiger partial charge is 0.133 e. The Morgan fingerprint density at radius 3 is 2.68 bits per heavy atom. The van der Waals surface area contributed by atoms with Crippen LogP contribution in [0.3, 0.4) is 0 Å². The number of fused-ring (bicyclic) bond motifs is 1. The number of H-pyrrole nitrogens is 1. The molecule has 0 saturated carbocycles. The highest BCUT2D eigenvalue weighted by Gasteiger charge is 2.16. The number of aryl methyl sites for hydroxylation is 1. The number of aromatic amines is 1. The summed E-state index contributed by atoms with van der Waals surface area (Å²) < 4.78 is 0. The molecule has 0 aliphatic rings. The third kappa shape index (κ3) is 2.96. The first-order valence-corrected chi connectivity index (χ1v) is 6.85. The van der Waals surface area contributed by atoms with Gasteiger partial charge in [0.1, 0.15) is 12.4 Å². The summed E-state index contributed by atoms with van der Waals surface area (Å²) >= 11 is 0. The Hall–Kier alpha value is -1.39. The number of nitrogens with one attached hydrogen (secondary N) is 1. The molecule has 2 rings (SSSR count). The summed E-state index contributed by atoms with van der Waals surface area (Å²) in [5.41, 5.74) is 10.3. The summed E-state index contributed by atoms with van der Waals surface area (Å²) in [6, 6.07) is 4.21. The fraction of sp³-hybridized carbons (Fsp3) is 0.533. The van der Waals surface area contributed by atoms with Crippen molar-refractivity contribution in [2.24, 2.45) is 11.7 Å². The van der Waals surface area contributed by atoms with E-state index in [0.717, 1.165) is 17.5 Å². The average Bonchev–Trinajstić information content (AvgIpc) is 2.76. The highest BCUT2D eigenvalue weighted by atomic mass is 16.3. The zero-order valence-corrected chi connectivity index (χ0v) is 11.9. The number of nitrogens with zero attached hydrogens (tertiary/aromatic N) is 1. The molecule has 1 aromatic carbocycles. The first-order valence-electron chi connectivity index (χ1n) is 6.85. The molecule has 1 unspecified atom stereocenters. The maximum Gasteiger partial charge on any atom is 0.133 e. The molecular formula is C15H23N3O. The molecular weight excluding hydrogens is 238 g/mol.